The molecule has 2 N–H and O–H groups in total. The number of carboxylic acids is 1. The Bertz CT molecular complexity index is 600. The molecule has 0 spiro atoms. The molecule has 0 saturated heterocycles. The molecule has 0 bridgehead atoms. The molecule has 7 heteroatoms. The van der Waals surface area contributed by atoms with Crippen molar-refractivity contribution in [3.63, 3.8) is 0 Å². The second-order valence-corrected chi connectivity index (χ2v) is 5.28. The van der Waals surface area contributed by atoms with Crippen molar-refractivity contribution in [3.05, 3.63) is 17.7 Å². The van der Waals surface area contributed by atoms with Gasteiger partial charge in [0.25, 0.3) is 5.91 Å². The molecule has 0 fully saturated rings. The minimum Gasteiger partial charge on any atom is -0.490 e. The molecule has 0 saturated carbocycles. The zero-order valence-electron chi connectivity index (χ0n) is 13.2. The number of rotatable bonds is 7. The molecular formula is C16H21NO6. The standard InChI is InChI=1S/C16H21NO6/c1-3-5-22-13-7-10(9-18)6-11-15(13)23-12(4-2)16(21)17(11)8-14(19)20/h6-7,12,18H,3-5,8-9H2,1-2H3,(H,19,20). The number of hydrogen-bond acceptors (Lipinski definition) is 5. The van der Waals surface area contributed by atoms with E-state index in [0.29, 0.717) is 35.8 Å². The van der Waals surface area contributed by atoms with E-state index in [1.807, 2.05) is 6.92 Å². The van der Waals surface area contributed by atoms with E-state index in [1.165, 1.54) is 4.90 Å². The van der Waals surface area contributed by atoms with Crippen LogP contribution in [0.4, 0.5) is 5.69 Å². The van der Waals surface area contributed by atoms with Gasteiger partial charge in [0, 0.05) is 0 Å². The van der Waals surface area contributed by atoms with E-state index in [4.69, 9.17) is 14.6 Å². The second kappa shape index (κ2) is 7.32. The number of fused-ring (bicyclic) bond motifs is 1. The summed E-state index contributed by atoms with van der Waals surface area (Å²) >= 11 is 0. The first-order valence-corrected chi connectivity index (χ1v) is 7.62. The van der Waals surface area contributed by atoms with Crippen LogP contribution in [0.15, 0.2) is 12.1 Å². The van der Waals surface area contributed by atoms with Crippen LogP contribution in [0.3, 0.4) is 0 Å². The Morgan fingerprint density at radius 1 is 1.39 bits per heavy atom. The molecule has 1 atom stereocenters. The summed E-state index contributed by atoms with van der Waals surface area (Å²) in [5.41, 5.74) is 0.844. The number of aliphatic hydroxyl groups excluding tert-OH is 1. The van der Waals surface area contributed by atoms with Gasteiger partial charge in [0.15, 0.2) is 17.6 Å². The smallest absolute Gasteiger partial charge is 0.323 e. The summed E-state index contributed by atoms with van der Waals surface area (Å²) < 4.78 is 11.4. The summed E-state index contributed by atoms with van der Waals surface area (Å²) in [5.74, 6) is -0.761. The van der Waals surface area contributed by atoms with Crippen molar-refractivity contribution in [2.75, 3.05) is 18.1 Å². The predicted molar refractivity (Wildman–Crippen MR) is 82.8 cm³/mol. The largest absolute Gasteiger partial charge is 0.490 e. The summed E-state index contributed by atoms with van der Waals surface area (Å²) in [5, 5.41) is 18.5. The quantitative estimate of drug-likeness (QED) is 0.790. The van der Waals surface area contributed by atoms with Crippen molar-refractivity contribution in [1.29, 1.82) is 0 Å². The van der Waals surface area contributed by atoms with Crippen LogP contribution < -0.4 is 14.4 Å². The summed E-state index contributed by atoms with van der Waals surface area (Å²) in [6.07, 6.45) is 0.460. The highest BCUT2D eigenvalue weighted by molar-refractivity contribution is 6.03. The number of hydrogen-bond donors (Lipinski definition) is 2. The third kappa shape index (κ3) is 3.56. The number of benzene rings is 1. The fourth-order valence-corrected chi connectivity index (χ4v) is 2.41. The van der Waals surface area contributed by atoms with E-state index in [-0.39, 0.29) is 6.61 Å². The molecule has 1 unspecified atom stereocenters. The van der Waals surface area contributed by atoms with Crippen LogP contribution in [-0.4, -0.2) is 41.3 Å². The normalized spacial score (nSPS) is 16.7. The van der Waals surface area contributed by atoms with Gasteiger partial charge in [-0.2, -0.15) is 0 Å². The maximum Gasteiger partial charge on any atom is 0.323 e. The zero-order valence-corrected chi connectivity index (χ0v) is 13.2. The number of anilines is 1. The number of nitrogens with zero attached hydrogens (tertiary/aromatic N) is 1. The van der Waals surface area contributed by atoms with Gasteiger partial charge in [-0.15, -0.1) is 0 Å². The molecule has 1 aromatic rings. The van der Waals surface area contributed by atoms with Gasteiger partial charge in [-0.05, 0) is 30.5 Å². The van der Waals surface area contributed by atoms with E-state index in [2.05, 4.69) is 0 Å². The fourth-order valence-electron chi connectivity index (χ4n) is 2.41. The minimum absolute atomic E-state index is 0.248. The zero-order chi connectivity index (χ0) is 17.0. The van der Waals surface area contributed by atoms with Crippen molar-refractivity contribution < 1.29 is 29.3 Å². The van der Waals surface area contributed by atoms with Crippen LogP contribution in [0.5, 0.6) is 11.5 Å². The van der Waals surface area contributed by atoms with Gasteiger partial charge in [0.2, 0.25) is 0 Å². The molecule has 126 valence electrons. The number of amides is 1. The van der Waals surface area contributed by atoms with E-state index in [0.717, 1.165) is 6.42 Å². The first kappa shape index (κ1) is 17.1. The number of carboxylic acid groups (broad SMARTS) is 1. The van der Waals surface area contributed by atoms with Crippen LogP contribution in [0.2, 0.25) is 0 Å². The van der Waals surface area contributed by atoms with Crippen LogP contribution in [-0.2, 0) is 16.2 Å². The van der Waals surface area contributed by atoms with E-state index in [9.17, 15) is 14.7 Å². The topological polar surface area (TPSA) is 96.3 Å². The van der Waals surface area contributed by atoms with Crippen LogP contribution in [0.25, 0.3) is 0 Å². The van der Waals surface area contributed by atoms with Gasteiger partial charge in [-0.25, -0.2) is 0 Å². The minimum atomic E-state index is -1.12. The molecule has 0 aliphatic carbocycles. The SMILES string of the molecule is CCCOc1cc(CO)cc2c1OC(CC)C(=O)N2CC(=O)O. The molecular weight excluding hydrogens is 302 g/mol. The van der Waals surface area contributed by atoms with Gasteiger partial charge >= 0.3 is 5.97 Å². The van der Waals surface area contributed by atoms with Crippen molar-refractivity contribution in [2.45, 2.75) is 39.4 Å². The maximum atomic E-state index is 12.4. The molecule has 1 amide bonds. The lowest BCUT2D eigenvalue weighted by atomic mass is 10.1. The van der Waals surface area contributed by atoms with E-state index in [1.54, 1.807) is 19.1 Å². The lowest BCUT2D eigenvalue weighted by Gasteiger charge is -2.34. The van der Waals surface area contributed by atoms with E-state index >= 15 is 0 Å². The number of ether oxygens (including phenoxy) is 2. The third-order valence-corrected chi connectivity index (χ3v) is 3.50. The second-order valence-electron chi connectivity index (χ2n) is 5.28. The molecule has 0 aromatic heterocycles. The van der Waals surface area contributed by atoms with Gasteiger partial charge in [0.05, 0.1) is 18.9 Å². The first-order valence-electron chi connectivity index (χ1n) is 7.62. The summed E-state index contributed by atoms with van der Waals surface area (Å²) in [4.78, 5) is 24.7. The summed E-state index contributed by atoms with van der Waals surface area (Å²) in [6, 6.07) is 3.21. The van der Waals surface area contributed by atoms with Crippen LogP contribution in [0.1, 0.15) is 32.3 Å². The molecule has 1 heterocycles. The molecule has 1 aliphatic heterocycles. The highest BCUT2D eigenvalue weighted by atomic mass is 16.5. The lowest BCUT2D eigenvalue weighted by molar-refractivity contribution is -0.137. The highest BCUT2D eigenvalue weighted by Crippen LogP contribution is 2.43. The monoisotopic (exact) mass is 323 g/mol. The number of aliphatic hydroxyl groups is 1. The van der Waals surface area contributed by atoms with Gasteiger partial charge in [-0.3, -0.25) is 14.5 Å². The molecule has 7 nitrogen and oxygen atoms in total. The Morgan fingerprint density at radius 3 is 2.70 bits per heavy atom. The number of aliphatic carboxylic acids is 1. The van der Waals surface area contributed by atoms with Gasteiger partial charge in [-0.1, -0.05) is 13.8 Å². The Morgan fingerprint density at radius 2 is 2.13 bits per heavy atom. The van der Waals surface area contributed by atoms with Gasteiger partial charge in [0.1, 0.15) is 6.54 Å². The molecule has 1 aromatic carbocycles. The summed E-state index contributed by atoms with van der Waals surface area (Å²) in [7, 11) is 0. The number of carbonyl (C=O) groups is 2. The Labute approximate surface area is 134 Å². The van der Waals surface area contributed by atoms with E-state index < -0.39 is 24.5 Å². The van der Waals surface area contributed by atoms with Crippen molar-refractivity contribution in [2.24, 2.45) is 0 Å². The van der Waals surface area contributed by atoms with Crippen molar-refractivity contribution in [3.8, 4) is 11.5 Å². The van der Waals surface area contributed by atoms with Gasteiger partial charge < -0.3 is 19.7 Å². The molecule has 23 heavy (non-hydrogen) atoms. The highest BCUT2D eigenvalue weighted by Gasteiger charge is 2.36. The number of carbonyl (C=O) groups excluding carboxylic acids is 1. The van der Waals surface area contributed by atoms with Crippen molar-refractivity contribution >= 4 is 17.6 Å². The average molecular weight is 323 g/mol. The molecule has 2 rings (SSSR count). The van der Waals surface area contributed by atoms with Crippen LogP contribution >= 0.6 is 0 Å². The predicted octanol–water partition coefficient (Wildman–Crippen LogP) is 1.56. The summed E-state index contributed by atoms with van der Waals surface area (Å²) in [6.45, 7) is 3.49. The lowest BCUT2D eigenvalue weighted by Crippen LogP contribution is -2.47. The average Bonchev–Trinajstić information content (AvgIpc) is 2.54. The Kier molecular flexibility index (Phi) is 5.44. The Hall–Kier alpha value is -2.28. The molecule has 0 radical (unpaired) electrons. The van der Waals surface area contributed by atoms with Crippen molar-refractivity contribution in [1.82, 2.24) is 0 Å². The fraction of sp³-hybridized carbons (Fsp3) is 0.500. The van der Waals surface area contributed by atoms with Crippen LogP contribution in [0, 0.1) is 0 Å². The first-order chi connectivity index (χ1) is 11.0. The maximum absolute atomic E-state index is 12.4. The Balaban J connectivity index is 2.53. The third-order valence-electron chi connectivity index (χ3n) is 3.50. The molecule has 1 aliphatic rings.